The van der Waals surface area contributed by atoms with E-state index >= 15 is 0 Å². The summed E-state index contributed by atoms with van der Waals surface area (Å²) in [6.07, 6.45) is 4.91. The number of aromatic nitrogens is 1. The van der Waals surface area contributed by atoms with Gasteiger partial charge in [-0.3, -0.25) is 23.9 Å². The minimum atomic E-state index is -3.78. The molecule has 18 heteroatoms. The zero-order valence-electron chi connectivity index (χ0n) is 42.1. The third-order valence-corrected chi connectivity index (χ3v) is 13.6. The average molecular weight is 1030 g/mol. The number of aryl methyl sites for hydroxylation is 1. The molecule has 2 amide bonds. The first-order valence-electron chi connectivity index (χ1n) is 23.3. The summed E-state index contributed by atoms with van der Waals surface area (Å²) < 4.78 is 65.2. The number of carbonyl (C=O) groups is 3. The zero-order chi connectivity index (χ0) is 52.4. The molecule has 6 rings (SSSR count). The van der Waals surface area contributed by atoms with Gasteiger partial charge in [-0.1, -0.05) is 104 Å². The van der Waals surface area contributed by atoms with E-state index in [0.717, 1.165) is 42.9 Å². The lowest BCUT2D eigenvalue weighted by molar-refractivity contribution is -0.142. The van der Waals surface area contributed by atoms with Gasteiger partial charge in [-0.25, -0.2) is 26.6 Å². The Hall–Kier alpha value is -6.22. The van der Waals surface area contributed by atoms with Crippen LogP contribution in [-0.2, 0) is 46.2 Å². The molecule has 0 radical (unpaired) electrons. The first kappa shape index (κ1) is 54.1. The van der Waals surface area contributed by atoms with Crippen molar-refractivity contribution in [2.24, 2.45) is 10.8 Å². The molecule has 1 unspecified atom stereocenters. The van der Waals surface area contributed by atoms with Gasteiger partial charge < -0.3 is 14.5 Å². The number of amides is 2. The third kappa shape index (κ3) is 14.2. The second-order valence-corrected chi connectivity index (χ2v) is 25.2. The number of halogens is 1. The molecule has 3 N–H and O–H groups in total. The van der Waals surface area contributed by atoms with Crippen LogP contribution in [0.25, 0.3) is 22.7 Å². The highest BCUT2D eigenvalue weighted by Gasteiger charge is 2.41. The molecule has 0 aliphatic heterocycles. The van der Waals surface area contributed by atoms with Gasteiger partial charge in [-0.05, 0) is 126 Å². The van der Waals surface area contributed by atoms with Crippen molar-refractivity contribution < 1.29 is 40.4 Å². The molecule has 0 spiro atoms. The first-order chi connectivity index (χ1) is 32.9. The van der Waals surface area contributed by atoms with Crippen LogP contribution in [0.4, 0.5) is 27.5 Å². The van der Waals surface area contributed by atoms with Gasteiger partial charge in [0.15, 0.2) is 11.4 Å². The summed E-state index contributed by atoms with van der Waals surface area (Å²) in [7, 11) is -7.45. The summed E-state index contributed by atoms with van der Waals surface area (Å²) in [5.74, 6) is -1.42. The van der Waals surface area contributed by atoms with Crippen molar-refractivity contribution in [2.75, 3.05) is 32.2 Å². The van der Waals surface area contributed by atoms with E-state index in [0.29, 0.717) is 46.3 Å². The molecular formula is C53H63ClN6O9S2. The molecule has 1 aliphatic carbocycles. The number of allylic oxidation sites excluding steroid dienone is 1. The number of fused-ring (bicyclic) bond motifs is 1. The smallest absolute Gasteiger partial charge is 0.415 e. The predicted molar refractivity (Wildman–Crippen MR) is 281 cm³/mol. The van der Waals surface area contributed by atoms with E-state index in [2.05, 4.69) is 55.4 Å². The number of nitrogens with zero attached hydrogens (tertiary/aromatic N) is 3. The maximum Gasteiger partial charge on any atom is 0.415 e. The van der Waals surface area contributed by atoms with Crippen molar-refractivity contribution in [3.8, 4) is 6.07 Å². The van der Waals surface area contributed by atoms with Gasteiger partial charge in [-0.15, -0.1) is 0 Å². The second-order valence-electron chi connectivity index (χ2n) is 21.3. The van der Waals surface area contributed by atoms with Crippen molar-refractivity contribution in [3.63, 3.8) is 0 Å². The predicted octanol–water partition coefficient (Wildman–Crippen LogP) is 11.4. The van der Waals surface area contributed by atoms with E-state index in [1.54, 1.807) is 63.2 Å². The van der Waals surface area contributed by atoms with Crippen molar-refractivity contribution in [1.82, 2.24) is 4.98 Å². The Morgan fingerprint density at radius 2 is 1.56 bits per heavy atom. The highest BCUT2D eigenvalue weighted by molar-refractivity contribution is 7.92. The molecular weight excluding hydrogens is 964 g/mol. The Labute approximate surface area is 422 Å². The molecule has 5 aromatic rings. The van der Waals surface area contributed by atoms with Gasteiger partial charge in [0.1, 0.15) is 17.2 Å². The maximum absolute atomic E-state index is 14.5. The zero-order valence-corrected chi connectivity index (χ0v) is 44.5. The molecule has 1 heterocycles. The standard InChI is InChI=1S/C53H63ClN6O9S2/c1-32-24-40(21-18-34(32)27-36(30-55)49-57-44-28-37(19-23-45(44)68-49)53(8,9)31-51(2,3)4)60(39-14-12-13-15-39)50(63)69-46(47(61)52(5,6)7)48(62)56-43-26-33(16-22-41(43)54)25-35-17-20-38(58-70(10,64)65)29-42(35)59-71(11,66)67/h16-24,26-29,39,46,58-59H,12-15,25,31H2,1-11H3,(H,56,62)/b36-27+. The number of ketones is 1. The number of nitrogens with one attached hydrogen (secondary N) is 3. The number of carbonyl (C=O) groups excluding carboxylic acids is 3. The molecule has 0 bridgehead atoms. The highest BCUT2D eigenvalue weighted by atomic mass is 35.5. The molecule has 1 aromatic heterocycles. The number of nitriles is 1. The SMILES string of the molecule is Cc1cc(N(C(=O)OC(C(=O)Nc2cc(Cc3ccc(NS(C)(=O)=O)cc3NS(C)(=O)=O)ccc2Cl)C(=O)C(C)(C)C)C2CCCC2)ccc1/C=C(\C#N)c1nc2cc(C(C)(C)CC(C)(C)C)ccc2o1. The lowest BCUT2D eigenvalue weighted by atomic mass is 9.72. The number of benzene rings is 4. The molecule has 378 valence electrons. The highest BCUT2D eigenvalue weighted by Crippen LogP contribution is 2.38. The van der Waals surface area contributed by atoms with E-state index in [1.807, 2.05) is 25.1 Å². The summed E-state index contributed by atoms with van der Waals surface area (Å²) in [5, 5.41) is 13.1. The second kappa shape index (κ2) is 20.9. The number of hydrogen-bond acceptors (Lipinski definition) is 11. The van der Waals surface area contributed by atoms with Gasteiger partial charge >= 0.3 is 6.09 Å². The molecule has 71 heavy (non-hydrogen) atoms. The fourth-order valence-corrected chi connectivity index (χ4v) is 10.4. The summed E-state index contributed by atoms with van der Waals surface area (Å²) >= 11 is 6.60. The quantitative estimate of drug-likeness (QED) is 0.0624. The van der Waals surface area contributed by atoms with Crippen LogP contribution in [0, 0.1) is 29.1 Å². The van der Waals surface area contributed by atoms with E-state index in [4.69, 9.17) is 25.7 Å². The van der Waals surface area contributed by atoms with Crippen LogP contribution in [0.15, 0.2) is 77.2 Å². The molecule has 1 atom stereocenters. The summed E-state index contributed by atoms with van der Waals surface area (Å²) in [5.41, 5.74) is 4.67. The molecule has 1 aliphatic rings. The molecule has 15 nitrogen and oxygen atoms in total. The fraction of sp³-hybridized carbons (Fsp3) is 0.415. The van der Waals surface area contributed by atoms with Crippen molar-refractivity contribution in [3.05, 3.63) is 112 Å². The van der Waals surface area contributed by atoms with Gasteiger partial charge in [0.25, 0.3) is 5.91 Å². The fourth-order valence-electron chi connectivity index (χ4n) is 9.06. The Morgan fingerprint density at radius 3 is 2.17 bits per heavy atom. The number of sulfonamides is 2. The number of oxazole rings is 1. The monoisotopic (exact) mass is 1030 g/mol. The van der Waals surface area contributed by atoms with E-state index in [1.165, 1.54) is 23.1 Å². The Bertz CT molecular complexity index is 3170. The normalized spacial score (nSPS) is 14.4. The molecule has 4 aromatic carbocycles. The lowest BCUT2D eigenvalue weighted by Crippen LogP contribution is -2.48. The van der Waals surface area contributed by atoms with Gasteiger partial charge in [0.2, 0.25) is 32.0 Å². The van der Waals surface area contributed by atoms with Crippen LogP contribution < -0.4 is 19.7 Å². The van der Waals surface area contributed by atoms with Crippen LogP contribution in [-0.4, -0.2) is 64.3 Å². The van der Waals surface area contributed by atoms with Crippen LogP contribution in [0.3, 0.4) is 0 Å². The third-order valence-electron chi connectivity index (χ3n) is 12.0. The topological polar surface area (TPSA) is 218 Å². The summed E-state index contributed by atoms with van der Waals surface area (Å²) in [6, 6.07) is 22.3. The molecule has 1 saturated carbocycles. The number of ether oxygens (including phenoxy) is 1. The summed E-state index contributed by atoms with van der Waals surface area (Å²) in [6.45, 7) is 17.7. The van der Waals surface area contributed by atoms with Crippen LogP contribution in [0.2, 0.25) is 5.02 Å². The molecule has 0 saturated heterocycles. The number of anilines is 4. The average Bonchev–Trinajstić information content (AvgIpc) is 3.93. The molecule has 1 fully saturated rings. The van der Waals surface area contributed by atoms with Crippen LogP contribution in [0.5, 0.6) is 0 Å². The van der Waals surface area contributed by atoms with Crippen LogP contribution >= 0.6 is 11.6 Å². The van der Waals surface area contributed by atoms with Crippen LogP contribution in [0.1, 0.15) is 121 Å². The van der Waals surface area contributed by atoms with E-state index < -0.39 is 49.3 Å². The number of hydrogen-bond donors (Lipinski definition) is 3. The van der Waals surface area contributed by atoms with Gasteiger partial charge in [-0.2, -0.15) is 5.26 Å². The minimum absolute atomic E-state index is 0.0937. The minimum Gasteiger partial charge on any atom is -0.435 e. The Kier molecular flexibility index (Phi) is 15.9. The Morgan fingerprint density at radius 1 is 0.887 bits per heavy atom. The van der Waals surface area contributed by atoms with Gasteiger partial charge in [0, 0.05) is 17.1 Å². The van der Waals surface area contributed by atoms with Crippen molar-refractivity contribution >= 4 is 94.9 Å². The largest absolute Gasteiger partial charge is 0.435 e. The summed E-state index contributed by atoms with van der Waals surface area (Å²) in [4.78, 5) is 49.0. The number of rotatable bonds is 16. The number of Topliss-reactive ketones (excluding diaryl/α,β-unsaturated/α-hetero) is 1. The first-order valence-corrected chi connectivity index (χ1v) is 27.4. The van der Waals surface area contributed by atoms with Crippen molar-refractivity contribution in [1.29, 1.82) is 5.26 Å². The van der Waals surface area contributed by atoms with E-state index in [-0.39, 0.29) is 56.8 Å². The lowest BCUT2D eigenvalue weighted by Gasteiger charge is -2.32. The van der Waals surface area contributed by atoms with Crippen molar-refractivity contribution in [2.45, 2.75) is 118 Å². The Balaban J connectivity index is 1.26. The van der Waals surface area contributed by atoms with E-state index in [9.17, 15) is 36.5 Å². The van der Waals surface area contributed by atoms with Gasteiger partial charge in [0.05, 0.1) is 34.6 Å². The maximum atomic E-state index is 14.5.